The van der Waals surface area contributed by atoms with E-state index >= 15 is 0 Å². The van der Waals surface area contributed by atoms with E-state index in [2.05, 4.69) is 4.98 Å². The lowest BCUT2D eigenvalue weighted by atomic mass is 10.1. The van der Waals surface area contributed by atoms with E-state index in [0.29, 0.717) is 28.0 Å². The van der Waals surface area contributed by atoms with Crippen molar-refractivity contribution in [3.63, 3.8) is 0 Å². The zero-order valence-electron chi connectivity index (χ0n) is 9.76. The third-order valence-corrected chi connectivity index (χ3v) is 4.21. The van der Waals surface area contributed by atoms with E-state index in [1.165, 1.54) is 11.8 Å². The first kappa shape index (κ1) is 12.3. The Labute approximate surface area is 118 Å². The van der Waals surface area contributed by atoms with Gasteiger partial charge in [-0.05, 0) is 6.07 Å². The molecule has 1 aromatic carbocycles. The van der Waals surface area contributed by atoms with Crippen LogP contribution in [0.5, 0.6) is 0 Å². The van der Waals surface area contributed by atoms with Gasteiger partial charge in [-0.15, -0.1) is 0 Å². The van der Waals surface area contributed by atoms with E-state index in [-0.39, 0.29) is 11.1 Å². The van der Waals surface area contributed by atoms with Crippen LogP contribution in [-0.4, -0.2) is 15.3 Å². The van der Waals surface area contributed by atoms with Crippen LogP contribution in [-0.2, 0) is 6.54 Å². The Balaban J connectivity index is 2.35. The summed E-state index contributed by atoms with van der Waals surface area (Å²) in [6.07, 6.45) is 0. The van der Waals surface area contributed by atoms with Gasteiger partial charge in [0, 0.05) is 17.9 Å². The third kappa shape index (κ3) is 1.93. The van der Waals surface area contributed by atoms with Crippen LogP contribution in [0.1, 0.15) is 5.56 Å². The zero-order chi connectivity index (χ0) is 13.4. The largest absolute Gasteiger partial charge is 0.286 e. The smallest absolute Gasteiger partial charge is 0.272 e. The van der Waals surface area contributed by atoms with Gasteiger partial charge >= 0.3 is 0 Å². The summed E-state index contributed by atoms with van der Waals surface area (Å²) >= 11 is 7.64. The van der Waals surface area contributed by atoms with E-state index < -0.39 is 0 Å². The van der Waals surface area contributed by atoms with E-state index in [1.807, 2.05) is 12.1 Å². The van der Waals surface area contributed by atoms with Crippen molar-refractivity contribution in [2.45, 2.75) is 11.7 Å². The second-order valence-electron chi connectivity index (χ2n) is 4.01. The minimum absolute atomic E-state index is 0.0550. The summed E-state index contributed by atoms with van der Waals surface area (Å²) in [5.41, 5.74) is 0.763. The summed E-state index contributed by atoms with van der Waals surface area (Å²) in [4.78, 5) is 16.7. The highest BCUT2D eigenvalue weighted by Gasteiger charge is 2.22. The van der Waals surface area contributed by atoms with Gasteiger partial charge in [0.1, 0.15) is 11.6 Å². The number of fused-ring (bicyclic) bond motifs is 1. The molecular formula is C13H8ClN3OS. The Morgan fingerprint density at radius 2 is 2.21 bits per heavy atom. The Bertz CT molecular complexity index is 763. The maximum absolute atomic E-state index is 12.2. The fourth-order valence-electron chi connectivity index (χ4n) is 2.02. The molecule has 0 atom stereocenters. The molecule has 0 saturated carbocycles. The molecule has 0 spiro atoms. The second kappa shape index (κ2) is 4.72. The highest BCUT2D eigenvalue weighted by Crippen LogP contribution is 2.30. The highest BCUT2D eigenvalue weighted by molar-refractivity contribution is 7.99. The van der Waals surface area contributed by atoms with Gasteiger partial charge in [0.15, 0.2) is 5.16 Å². The lowest BCUT2D eigenvalue weighted by Gasteiger charge is -2.08. The van der Waals surface area contributed by atoms with Crippen LogP contribution in [0, 0.1) is 11.3 Å². The number of aromatic nitrogens is 2. The molecule has 0 radical (unpaired) electrons. The van der Waals surface area contributed by atoms with Gasteiger partial charge in [0.05, 0.1) is 10.7 Å². The summed E-state index contributed by atoms with van der Waals surface area (Å²) in [7, 11) is 0. The fraction of sp³-hybridized carbons (Fsp3) is 0.154. The topological polar surface area (TPSA) is 58.7 Å². The number of nitrogens with zero attached hydrogens (tertiary/aromatic N) is 3. The molecule has 6 heteroatoms. The average molecular weight is 290 g/mol. The summed E-state index contributed by atoms with van der Waals surface area (Å²) in [5.74, 6) is 0.805. The van der Waals surface area contributed by atoms with E-state index in [4.69, 9.17) is 11.6 Å². The molecule has 3 rings (SSSR count). The van der Waals surface area contributed by atoms with Crippen molar-refractivity contribution in [2.24, 2.45) is 0 Å². The minimum Gasteiger partial charge on any atom is -0.286 e. The zero-order valence-corrected chi connectivity index (χ0v) is 11.3. The SMILES string of the molecule is N#Cc1c(-c2ccccc2Cl)nc2n(c1=O)CCS2. The van der Waals surface area contributed by atoms with Crippen LogP contribution in [0.3, 0.4) is 0 Å². The molecule has 0 fully saturated rings. The predicted octanol–water partition coefficient (Wildman–Crippen LogP) is 2.54. The first-order valence-electron chi connectivity index (χ1n) is 5.65. The molecule has 94 valence electrons. The van der Waals surface area contributed by atoms with Gasteiger partial charge in [0.25, 0.3) is 5.56 Å². The van der Waals surface area contributed by atoms with Gasteiger partial charge in [-0.1, -0.05) is 41.6 Å². The molecule has 0 bridgehead atoms. The molecule has 0 saturated heterocycles. The van der Waals surface area contributed by atoms with Crippen molar-refractivity contribution in [1.29, 1.82) is 5.26 Å². The Morgan fingerprint density at radius 1 is 1.42 bits per heavy atom. The summed E-state index contributed by atoms with van der Waals surface area (Å²) in [6, 6.07) is 9.05. The molecule has 0 N–H and O–H groups in total. The molecule has 0 aliphatic carbocycles. The van der Waals surface area contributed by atoms with Crippen LogP contribution in [0.15, 0.2) is 34.2 Å². The van der Waals surface area contributed by atoms with Crippen LogP contribution in [0.25, 0.3) is 11.3 Å². The quantitative estimate of drug-likeness (QED) is 0.757. The number of thioether (sulfide) groups is 1. The number of hydrogen-bond donors (Lipinski definition) is 0. The van der Waals surface area contributed by atoms with Gasteiger partial charge in [-0.2, -0.15) is 5.26 Å². The summed E-state index contributed by atoms with van der Waals surface area (Å²) in [6.45, 7) is 0.601. The maximum atomic E-state index is 12.2. The number of nitriles is 1. The predicted molar refractivity (Wildman–Crippen MR) is 74.4 cm³/mol. The Hall–Kier alpha value is -1.77. The standard InChI is InChI=1S/C13H8ClN3OS/c14-10-4-2-1-3-8(10)11-9(7-15)12(18)17-5-6-19-13(17)16-11/h1-4H,5-6H2. The number of hydrogen-bond acceptors (Lipinski definition) is 4. The molecule has 2 aromatic rings. The van der Waals surface area contributed by atoms with E-state index in [9.17, 15) is 10.1 Å². The van der Waals surface area contributed by atoms with Crippen LogP contribution >= 0.6 is 23.4 Å². The van der Waals surface area contributed by atoms with Crippen LogP contribution in [0.2, 0.25) is 5.02 Å². The lowest BCUT2D eigenvalue weighted by Crippen LogP contribution is -2.24. The van der Waals surface area contributed by atoms with E-state index in [0.717, 1.165) is 5.75 Å². The monoisotopic (exact) mass is 289 g/mol. The van der Waals surface area contributed by atoms with Crippen molar-refractivity contribution in [2.75, 3.05) is 5.75 Å². The van der Waals surface area contributed by atoms with Gasteiger partial charge in [0.2, 0.25) is 0 Å². The molecule has 19 heavy (non-hydrogen) atoms. The van der Waals surface area contributed by atoms with Crippen LogP contribution in [0.4, 0.5) is 0 Å². The number of benzene rings is 1. The first-order valence-corrected chi connectivity index (χ1v) is 7.01. The molecule has 0 amide bonds. The average Bonchev–Trinajstić information content (AvgIpc) is 2.88. The minimum atomic E-state index is -0.285. The van der Waals surface area contributed by atoms with Crippen LogP contribution < -0.4 is 5.56 Å². The second-order valence-corrected chi connectivity index (χ2v) is 5.48. The molecule has 2 heterocycles. The molecule has 1 aromatic heterocycles. The van der Waals surface area contributed by atoms with Crippen molar-refractivity contribution in [1.82, 2.24) is 9.55 Å². The fourth-order valence-corrected chi connectivity index (χ4v) is 3.19. The number of rotatable bonds is 1. The summed E-state index contributed by atoms with van der Waals surface area (Å²) in [5, 5.41) is 10.4. The van der Waals surface area contributed by atoms with Crippen molar-refractivity contribution in [3.05, 3.63) is 45.2 Å². The van der Waals surface area contributed by atoms with Gasteiger partial charge < -0.3 is 0 Å². The molecule has 4 nitrogen and oxygen atoms in total. The molecular weight excluding hydrogens is 282 g/mol. The Morgan fingerprint density at radius 3 is 2.95 bits per heavy atom. The lowest BCUT2D eigenvalue weighted by molar-refractivity contribution is 0.655. The normalized spacial score (nSPS) is 13.1. The molecule has 1 aliphatic heterocycles. The first-order chi connectivity index (χ1) is 9.22. The van der Waals surface area contributed by atoms with Gasteiger partial charge in [-0.3, -0.25) is 9.36 Å². The van der Waals surface area contributed by atoms with Crippen molar-refractivity contribution < 1.29 is 0 Å². The van der Waals surface area contributed by atoms with Crippen molar-refractivity contribution >= 4 is 23.4 Å². The number of halogens is 1. The Kier molecular flexibility index (Phi) is 3.05. The van der Waals surface area contributed by atoms with E-state index in [1.54, 1.807) is 22.8 Å². The maximum Gasteiger partial charge on any atom is 0.272 e. The molecule has 1 aliphatic rings. The van der Waals surface area contributed by atoms with Gasteiger partial charge in [-0.25, -0.2) is 4.98 Å². The third-order valence-electron chi connectivity index (χ3n) is 2.92. The summed E-state index contributed by atoms with van der Waals surface area (Å²) < 4.78 is 1.55. The van der Waals surface area contributed by atoms with Crippen molar-refractivity contribution in [3.8, 4) is 17.3 Å². The highest BCUT2D eigenvalue weighted by atomic mass is 35.5. The molecule has 0 unspecified atom stereocenters.